The number of nitrogens with zero attached hydrogens (tertiary/aromatic N) is 2. The summed E-state index contributed by atoms with van der Waals surface area (Å²) in [6.45, 7) is 1.02. The molecule has 0 unspecified atom stereocenters. The Morgan fingerprint density at radius 1 is 1.11 bits per heavy atom. The van der Waals surface area contributed by atoms with Crippen molar-refractivity contribution in [1.82, 2.24) is 8.87 Å². The van der Waals surface area contributed by atoms with E-state index < -0.39 is 10.0 Å². The van der Waals surface area contributed by atoms with Gasteiger partial charge in [0, 0.05) is 29.3 Å². The molecule has 2 heterocycles. The third-order valence-electron chi connectivity index (χ3n) is 5.27. The minimum Gasteiger partial charge on any atom is -0.324 e. The Morgan fingerprint density at radius 3 is 2.64 bits per heavy atom. The van der Waals surface area contributed by atoms with Crippen LogP contribution in [0.2, 0.25) is 0 Å². The van der Waals surface area contributed by atoms with Crippen LogP contribution in [0.1, 0.15) is 36.3 Å². The second-order valence-corrected chi connectivity index (χ2v) is 10.2. The van der Waals surface area contributed by atoms with Gasteiger partial charge >= 0.3 is 4.87 Å². The van der Waals surface area contributed by atoms with Gasteiger partial charge in [0.1, 0.15) is 6.54 Å². The van der Waals surface area contributed by atoms with Crippen molar-refractivity contribution in [1.29, 1.82) is 0 Å². The number of aromatic nitrogens is 1. The van der Waals surface area contributed by atoms with E-state index in [4.69, 9.17) is 0 Å². The first-order chi connectivity index (χ1) is 13.4. The molecule has 2 aliphatic rings. The average Bonchev–Trinajstić information content (AvgIpc) is 3.31. The molecule has 0 bridgehead atoms. The molecule has 7 nitrogen and oxygen atoms in total. The summed E-state index contributed by atoms with van der Waals surface area (Å²) in [5.74, 6) is -0.330. The third-order valence-corrected chi connectivity index (χ3v) is 8.24. The van der Waals surface area contributed by atoms with E-state index in [1.54, 1.807) is 22.8 Å². The lowest BCUT2D eigenvalue weighted by Gasteiger charge is -2.16. The second kappa shape index (κ2) is 7.81. The smallest absolute Gasteiger partial charge is 0.308 e. The maximum atomic E-state index is 12.7. The fraction of sp³-hybridized carbons (Fsp3) is 0.474. The molecule has 2 aromatic rings. The van der Waals surface area contributed by atoms with Crippen molar-refractivity contribution in [2.75, 3.05) is 18.4 Å². The van der Waals surface area contributed by atoms with Gasteiger partial charge in [-0.3, -0.25) is 14.2 Å². The summed E-state index contributed by atoms with van der Waals surface area (Å²) in [5, 5.41) is 2.74. The van der Waals surface area contributed by atoms with Crippen molar-refractivity contribution in [3.63, 3.8) is 0 Å². The molecular weight excluding hydrogens is 398 g/mol. The van der Waals surface area contributed by atoms with Crippen molar-refractivity contribution >= 4 is 33.0 Å². The van der Waals surface area contributed by atoms with E-state index in [2.05, 4.69) is 5.32 Å². The van der Waals surface area contributed by atoms with Gasteiger partial charge in [-0.05, 0) is 56.7 Å². The van der Waals surface area contributed by atoms with Gasteiger partial charge in [-0.1, -0.05) is 17.4 Å². The summed E-state index contributed by atoms with van der Waals surface area (Å²) in [6, 6.07) is 6.31. The fourth-order valence-corrected chi connectivity index (χ4v) is 6.48. The van der Waals surface area contributed by atoms with Crippen molar-refractivity contribution in [3.05, 3.63) is 44.5 Å². The number of fused-ring (bicyclic) bond motifs is 1. The fourth-order valence-electron chi connectivity index (χ4n) is 3.84. The first kappa shape index (κ1) is 19.4. The number of carbonyl (C=O) groups excluding carboxylic acids is 1. The Hall–Kier alpha value is -1.97. The molecule has 1 amide bonds. The number of thiazole rings is 1. The van der Waals surface area contributed by atoms with E-state index in [0.717, 1.165) is 49.1 Å². The number of sulfonamides is 1. The highest BCUT2D eigenvalue weighted by Gasteiger charge is 2.27. The molecule has 1 N–H and O–H groups in total. The molecule has 28 heavy (non-hydrogen) atoms. The zero-order chi connectivity index (χ0) is 19.7. The normalized spacial score (nSPS) is 17.4. The van der Waals surface area contributed by atoms with Crippen LogP contribution in [0.5, 0.6) is 0 Å². The van der Waals surface area contributed by atoms with E-state index in [1.807, 2.05) is 0 Å². The molecule has 1 aliphatic heterocycles. The number of rotatable bonds is 5. The van der Waals surface area contributed by atoms with Crippen LogP contribution in [0.4, 0.5) is 5.69 Å². The van der Waals surface area contributed by atoms with Crippen LogP contribution in [-0.2, 0) is 34.2 Å². The number of nitrogens with one attached hydrogen (secondary N) is 1. The monoisotopic (exact) mass is 421 g/mol. The summed E-state index contributed by atoms with van der Waals surface area (Å²) >= 11 is 1.23. The van der Waals surface area contributed by atoms with E-state index in [0.29, 0.717) is 18.8 Å². The van der Waals surface area contributed by atoms with E-state index in [-0.39, 0.29) is 22.2 Å². The highest BCUT2D eigenvalue weighted by Crippen LogP contribution is 2.25. The minimum absolute atomic E-state index is 0.0478. The maximum absolute atomic E-state index is 12.7. The lowest BCUT2D eigenvalue weighted by molar-refractivity contribution is -0.116. The average molecular weight is 422 g/mol. The third kappa shape index (κ3) is 3.78. The van der Waals surface area contributed by atoms with Gasteiger partial charge in [-0.25, -0.2) is 8.42 Å². The molecule has 9 heteroatoms. The standard InChI is InChI=1S/C19H23N3O4S2/c23-18(13-22-16-8-1-2-9-17(16)27-19(22)24)20-14-6-5-7-15(12-14)28(25,26)21-10-3-4-11-21/h5-7,12H,1-4,8-11,13H2,(H,20,23). The van der Waals surface area contributed by atoms with E-state index >= 15 is 0 Å². The largest absolute Gasteiger partial charge is 0.324 e. The summed E-state index contributed by atoms with van der Waals surface area (Å²) in [5.41, 5.74) is 1.39. The Balaban J connectivity index is 1.50. The van der Waals surface area contributed by atoms with Gasteiger partial charge in [-0.2, -0.15) is 4.31 Å². The molecule has 150 valence electrons. The van der Waals surface area contributed by atoms with E-state index in [1.165, 1.54) is 21.7 Å². The number of amides is 1. The van der Waals surface area contributed by atoms with Crippen molar-refractivity contribution in [2.24, 2.45) is 0 Å². The summed E-state index contributed by atoms with van der Waals surface area (Å²) < 4.78 is 28.4. The predicted molar refractivity (Wildman–Crippen MR) is 108 cm³/mol. The number of hydrogen-bond acceptors (Lipinski definition) is 5. The Bertz CT molecular complexity index is 1050. The van der Waals surface area contributed by atoms with Crippen molar-refractivity contribution in [2.45, 2.75) is 50.0 Å². The second-order valence-electron chi connectivity index (χ2n) is 7.22. The highest BCUT2D eigenvalue weighted by molar-refractivity contribution is 7.89. The SMILES string of the molecule is O=C(Cn1c2c(sc1=O)CCCC2)Nc1cccc(S(=O)(=O)N2CCCC2)c1. The van der Waals surface area contributed by atoms with Crippen LogP contribution < -0.4 is 10.2 Å². The molecule has 1 aromatic carbocycles. The van der Waals surface area contributed by atoms with Gasteiger partial charge in [0.05, 0.1) is 4.90 Å². The first-order valence-electron chi connectivity index (χ1n) is 9.56. The molecule has 1 fully saturated rings. The Morgan fingerprint density at radius 2 is 1.86 bits per heavy atom. The predicted octanol–water partition coefficient (Wildman–Crippen LogP) is 2.21. The molecule has 1 aliphatic carbocycles. The quantitative estimate of drug-likeness (QED) is 0.802. The Labute approximate surface area is 168 Å². The molecule has 1 aromatic heterocycles. The number of benzene rings is 1. The van der Waals surface area contributed by atoms with Crippen LogP contribution in [0, 0.1) is 0 Å². The molecule has 0 spiro atoms. The molecule has 0 radical (unpaired) electrons. The number of carbonyl (C=O) groups is 1. The van der Waals surface area contributed by atoms with Gasteiger partial charge < -0.3 is 5.32 Å². The van der Waals surface area contributed by atoms with Crippen LogP contribution in [0.25, 0.3) is 0 Å². The summed E-state index contributed by atoms with van der Waals surface area (Å²) in [4.78, 5) is 25.9. The van der Waals surface area contributed by atoms with Crippen molar-refractivity contribution < 1.29 is 13.2 Å². The summed E-state index contributed by atoms with van der Waals surface area (Å²) in [6.07, 6.45) is 5.58. The zero-order valence-corrected chi connectivity index (χ0v) is 17.2. The number of anilines is 1. The van der Waals surface area contributed by atoms with Crippen LogP contribution >= 0.6 is 11.3 Å². The molecular formula is C19H23N3O4S2. The number of aryl methyl sites for hydroxylation is 1. The molecule has 4 rings (SSSR count). The lowest BCUT2D eigenvalue weighted by atomic mass is 10.0. The molecule has 0 atom stereocenters. The van der Waals surface area contributed by atoms with Gasteiger partial charge in [-0.15, -0.1) is 0 Å². The molecule has 1 saturated heterocycles. The molecule has 0 saturated carbocycles. The van der Waals surface area contributed by atoms with Crippen molar-refractivity contribution in [3.8, 4) is 0 Å². The van der Waals surface area contributed by atoms with Crippen LogP contribution in [-0.4, -0.2) is 36.3 Å². The zero-order valence-electron chi connectivity index (χ0n) is 15.5. The first-order valence-corrected chi connectivity index (χ1v) is 11.8. The topological polar surface area (TPSA) is 88.5 Å². The van der Waals surface area contributed by atoms with E-state index in [9.17, 15) is 18.0 Å². The minimum atomic E-state index is -3.54. The van der Waals surface area contributed by atoms with Crippen LogP contribution in [0.3, 0.4) is 0 Å². The summed E-state index contributed by atoms with van der Waals surface area (Å²) in [7, 11) is -3.54. The van der Waals surface area contributed by atoms with Gasteiger partial charge in [0.15, 0.2) is 0 Å². The highest BCUT2D eigenvalue weighted by atomic mass is 32.2. The maximum Gasteiger partial charge on any atom is 0.308 e. The lowest BCUT2D eigenvalue weighted by Crippen LogP contribution is -2.28. The number of hydrogen-bond donors (Lipinski definition) is 1. The van der Waals surface area contributed by atoms with Crippen LogP contribution in [0.15, 0.2) is 34.0 Å². The van der Waals surface area contributed by atoms with Gasteiger partial charge in [0.25, 0.3) is 0 Å². The van der Waals surface area contributed by atoms with Gasteiger partial charge in [0.2, 0.25) is 15.9 Å². The Kier molecular flexibility index (Phi) is 5.39.